The molecule has 1 saturated heterocycles. The fraction of sp³-hybridized carbons (Fsp3) is 0.231. The molecule has 0 radical (unpaired) electrons. The first-order chi connectivity index (χ1) is 15.9. The number of benzene rings is 2. The van der Waals surface area contributed by atoms with Crippen LogP contribution in [0.1, 0.15) is 27.2 Å². The molecule has 1 aromatic heterocycles. The number of aromatic nitrogens is 1. The fourth-order valence-corrected chi connectivity index (χ4v) is 4.50. The van der Waals surface area contributed by atoms with E-state index in [0.29, 0.717) is 52.3 Å². The van der Waals surface area contributed by atoms with Crippen LogP contribution in [0.4, 0.5) is 10.1 Å². The molecule has 0 spiro atoms. The highest BCUT2D eigenvalue weighted by Crippen LogP contribution is 2.41. The lowest BCUT2D eigenvalue weighted by Gasteiger charge is -2.32. The maximum atomic E-state index is 14.6. The summed E-state index contributed by atoms with van der Waals surface area (Å²) in [4.78, 5) is 33.2. The maximum absolute atomic E-state index is 14.6. The number of hydrogen-bond acceptors (Lipinski definition) is 3. The number of fused-ring (bicyclic) bond motifs is 1. The van der Waals surface area contributed by atoms with Crippen LogP contribution in [0.3, 0.4) is 0 Å². The summed E-state index contributed by atoms with van der Waals surface area (Å²) in [5.41, 5.74) is 4.90. The van der Waals surface area contributed by atoms with Gasteiger partial charge in [-0.15, -0.1) is 0 Å². The van der Waals surface area contributed by atoms with Crippen LogP contribution >= 0.6 is 0 Å². The molecule has 2 N–H and O–H groups in total. The SMILES string of the molecule is Cc1c(C(=O)N2CCN(C)CC2)c[nH]c1/C=C1\C(=O)Nc2cccc(-c3ccccc3F)c21. The third kappa shape index (κ3) is 3.74. The van der Waals surface area contributed by atoms with Crippen molar-refractivity contribution >= 4 is 29.2 Å². The van der Waals surface area contributed by atoms with Gasteiger partial charge in [0.25, 0.3) is 11.8 Å². The van der Waals surface area contributed by atoms with Crippen LogP contribution in [-0.2, 0) is 4.79 Å². The highest BCUT2D eigenvalue weighted by molar-refractivity contribution is 6.36. The second kappa shape index (κ2) is 8.33. The highest BCUT2D eigenvalue weighted by Gasteiger charge is 2.29. The number of piperazine rings is 1. The fourth-order valence-electron chi connectivity index (χ4n) is 4.50. The first-order valence-electron chi connectivity index (χ1n) is 11.0. The van der Waals surface area contributed by atoms with Crippen molar-refractivity contribution < 1.29 is 14.0 Å². The van der Waals surface area contributed by atoms with E-state index in [4.69, 9.17) is 0 Å². The molecular formula is C26H25FN4O2. The number of amides is 2. The van der Waals surface area contributed by atoms with Crippen LogP contribution in [-0.4, -0.2) is 59.8 Å². The van der Waals surface area contributed by atoms with Gasteiger partial charge >= 0.3 is 0 Å². The van der Waals surface area contributed by atoms with Gasteiger partial charge in [0.05, 0.1) is 11.1 Å². The van der Waals surface area contributed by atoms with Crippen LogP contribution in [0.15, 0.2) is 48.7 Å². The largest absolute Gasteiger partial charge is 0.361 e. The molecule has 2 amide bonds. The lowest BCUT2D eigenvalue weighted by Crippen LogP contribution is -2.47. The van der Waals surface area contributed by atoms with Gasteiger partial charge < -0.3 is 20.1 Å². The number of carbonyl (C=O) groups is 2. The van der Waals surface area contributed by atoms with E-state index in [1.807, 2.05) is 31.0 Å². The topological polar surface area (TPSA) is 68.4 Å². The molecule has 7 heteroatoms. The Morgan fingerprint density at radius 2 is 1.76 bits per heavy atom. The highest BCUT2D eigenvalue weighted by atomic mass is 19.1. The maximum Gasteiger partial charge on any atom is 0.256 e. The zero-order valence-electron chi connectivity index (χ0n) is 18.6. The normalized spacial score (nSPS) is 17.4. The molecule has 2 aliphatic heterocycles. The Labute approximate surface area is 191 Å². The molecule has 0 unspecified atom stereocenters. The molecule has 3 heterocycles. The molecule has 6 nitrogen and oxygen atoms in total. The van der Waals surface area contributed by atoms with Gasteiger partial charge in [-0.25, -0.2) is 4.39 Å². The zero-order valence-corrected chi connectivity index (χ0v) is 18.6. The average molecular weight is 445 g/mol. The van der Waals surface area contributed by atoms with Crippen molar-refractivity contribution in [1.82, 2.24) is 14.8 Å². The van der Waals surface area contributed by atoms with E-state index in [0.717, 1.165) is 18.7 Å². The third-order valence-electron chi connectivity index (χ3n) is 6.48. The predicted octanol–water partition coefficient (Wildman–Crippen LogP) is 4.01. The summed E-state index contributed by atoms with van der Waals surface area (Å²) < 4.78 is 14.6. The van der Waals surface area contributed by atoms with E-state index in [1.165, 1.54) is 6.07 Å². The van der Waals surface area contributed by atoms with Crippen molar-refractivity contribution in [3.05, 3.63) is 76.9 Å². The number of aromatic amines is 1. The van der Waals surface area contributed by atoms with E-state index in [2.05, 4.69) is 15.2 Å². The molecule has 5 rings (SSSR count). The Balaban J connectivity index is 1.53. The van der Waals surface area contributed by atoms with E-state index in [9.17, 15) is 14.0 Å². The van der Waals surface area contributed by atoms with Gasteiger partial charge in [-0.2, -0.15) is 0 Å². The second-order valence-corrected chi connectivity index (χ2v) is 8.56. The lowest BCUT2D eigenvalue weighted by atomic mass is 9.94. The second-order valence-electron chi connectivity index (χ2n) is 8.56. The van der Waals surface area contributed by atoms with Crippen molar-refractivity contribution in [3.63, 3.8) is 0 Å². The summed E-state index contributed by atoms with van der Waals surface area (Å²) in [5, 5.41) is 2.88. The molecule has 2 aliphatic rings. The first-order valence-corrected chi connectivity index (χ1v) is 11.0. The van der Waals surface area contributed by atoms with Gasteiger partial charge in [0.2, 0.25) is 0 Å². The number of hydrogen-bond donors (Lipinski definition) is 2. The number of carbonyl (C=O) groups excluding carboxylic acids is 2. The van der Waals surface area contributed by atoms with Gasteiger partial charge in [-0.1, -0.05) is 30.3 Å². The lowest BCUT2D eigenvalue weighted by molar-refractivity contribution is -0.110. The molecule has 0 bridgehead atoms. The van der Waals surface area contributed by atoms with Gasteiger partial charge in [0.1, 0.15) is 5.82 Å². The van der Waals surface area contributed by atoms with Crippen LogP contribution in [0.5, 0.6) is 0 Å². The van der Waals surface area contributed by atoms with Crippen molar-refractivity contribution in [3.8, 4) is 11.1 Å². The predicted molar refractivity (Wildman–Crippen MR) is 127 cm³/mol. The number of likely N-dealkylation sites (N-methyl/N-ethyl adjacent to an activating group) is 1. The molecule has 0 aliphatic carbocycles. The molecule has 2 aromatic carbocycles. The van der Waals surface area contributed by atoms with Crippen molar-refractivity contribution in [1.29, 1.82) is 0 Å². The monoisotopic (exact) mass is 444 g/mol. The minimum absolute atomic E-state index is 0.00943. The Kier molecular flexibility index (Phi) is 5.34. The van der Waals surface area contributed by atoms with Crippen LogP contribution in [0.25, 0.3) is 22.8 Å². The van der Waals surface area contributed by atoms with Crippen molar-refractivity contribution in [2.24, 2.45) is 0 Å². The van der Waals surface area contributed by atoms with E-state index >= 15 is 0 Å². The van der Waals surface area contributed by atoms with Crippen LogP contribution in [0, 0.1) is 12.7 Å². The summed E-state index contributed by atoms with van der Waals surface area (Å²) in [6, 6.07) is 12.0. The molecule has 168 valence electrons. The molecule has 0 atom stereocenters. The smallest absolute Gasteiger partial charge is 0.256 e. The van der Waals surface area contributed by atoms with E-state index in [1.54, 1.807) is 36.5 Å². The number of nitrogens with one attached hydrogen (secondary N) is 2. The molecule has 1 fully saturated rings. The number of H-pyrrole nitrogens is 1. The minimum atomic E-state index is -0.347. The summed E-state index contributed by atoms with van der Waals surface area (Å²) >= 11 is 0. The summed E-state index contributed by atoms with van der Waals surface area (Å²) in [6.45, 7) is 4.96. The minimum Gasteiger partial charge on any atom is -0.361 e. The number of rotatable bonds is 3. The third-order valence-corrected chi connectivity index (χ3v) is 6.48. The molecular weight excluding hydrogens is 419 g/mol. The Hall–Kier alpha value is -3.71. The number of anilines is 1. The quantitative estimate of drug-likeness (QED) is 0.600. The summed E-state index contributed by atoms with van der Waals surface area (Å²) in [6.07, 6.45) is 3.46. The van der Waals surface area contributed by atoms with Crippen molar-refractivity contribution in [2.45, 2.75) is 6.92 Å². The Morgan fingerprint density at radius 3 is 2.52 bits per heavy atom. The summed E-state index contributed by atoms with van der Waals surface area (Å²) in [7, 11) is 2.05. The van der Waals surface area contributed by atoms with Crippen molar-refractivity contribution in [2.75, 3.05) is 38.5 Å². The Morgan fingerprint density at radius 1 is 1.03 bits per heavy atom. The molecule has 33 heavy (non-hydrogen) atoms. The molecule has 0 saturated carbocycles. The van der Waals surface area contributed by atoms with Gasteiger partial charge in [-0.3, -0.25) is 9.59 Å². The molecule has 3 aromatic rings. The van der Waals surface area contributed by atoms with Crippen LogP contribution < -0.4 is 5.32 Å². The van der Waals surface area contributed by atoms with Gasteiger partial charge in [0, 0.05) is 54.9 Å². The van der Waals surface area contributed by atoms with Gasteiger partial charge in [0.15, 0.2) is 0 Å². The number of nitrogens with zero attached hydrogens (tertiary/aromatic N) is 2. The number of halogens is 1. The van der Waals surface area contributed by atoms with E-state index < -0.39 is 0 Å². The summed E-state index contributed by atoms with van der Waals surface area (Å²) in [5.74, 6) is -0.611. The average Bonchev–Trinajstić information content (AvgIpc) is 3.33. The van der Waals surface area contributed by atoms with Crippen LogP contribution in [0.2, 0.25) is 0 Å². The standard InChI is InChI=1S/C26H25FN4O2/c1-16-20(26(33)31-12-10-30(2)11-13-31)15-28-23(16)14-19-24-18(17-6-3-4-8-21(17)27)7-5-9-22(24)29-25(19)32/h3-9,14-15,28H,10-13H2,1-2H3,(H,29,32)/b19-14-. The Bertz CT molecular complexity index is 1290. The van der Waals surface area contributed by atoms with E-state index in [-0.39, 0.29) is 17.6 Å². The first kappa shape index (κ1) is 21.2. The van der Waals surface area contributed by atoms with Gasteiger partial charge in [-0.05, 0) is 43.3 Å². The zero-order chi connectivity index (χ0) is 23.1.